The molecule has 4 aromatic rings. The number of para-hydroxylation sites is 1. The molecule has 0 unspecified atom stereocenters. The number of hydrogen-bond acceptors (Lipinski definition) is 6. The number of amides is 1. The highest BCUT2D eigenvalue weighted by atomic mass is 19.1. The minimum absolute atomic E-state index is 0.0446. The summed E-state index contributed by atoms with van der Waals surface area (Å²) in [6.45, 7) is 2.74. The molecule has 0 aliphatic carbocycles. The molecule has 0 spiro atoms. The summed E-state index contributed by atoms with van der Waals surface area (Å²) < 4.78 is 15.7. The lowest BCUT2D eigenvalue weighted by Gasteiger charge is -2.09. The smallest absolute Gasteiger partial charge is 0.239 e. The van der Waals surface area contributed by atoms with E-state index < -0.39 is 5.82 Å². The second kappa shape index (κ2) is 8.17. The highest BCUT2D eigenvalue weighted by molar-refractivity contribution is 5.93. The van der Waals surface area contributed by atoms with Gasteiger partial charge >= 0.3 is 0 Å². The summed E-state index contributed by atoms with van der Waals surface area (Å²) in [6.07, 6.45) is 4.54. The van der Waals surface area contributed by atoms with Gasteiger partial charge in [-0.2, -0.15) is 4.52 Å². The van der Waals surface area contributed by atoms with E-state index in [-0.39, 0.29) is 23.8 Å². The Morgan fingerprint density at radius 2 is 2.07 bits per heavy atom. The van der Waals surface area contributed by atoms with Gasteiger partial charge in [-0.3, -0.25) is 9.78 Å². The van der Waals surface area contributed by atoms with Crippen LogP contribution in [0.3, 0.4) is 0 Å². The molecule has 3 heterocycles. The third-order valence-corrected chi connectivity index (χ3v) is 4.45. The predicted molar refractivity (Wildman–Crippen MR) is 108 cm³/mol. The topological polar surface area (TPSA) is 97.1 Å². The average molecular weight is 393 g/mol. The summed E-state index contributed by atoms with van der Waals surface area (Å²) in [5.74, 6) is -0.0661. The number of nitrogens with one attached hydrogen (secondary N) is 2. The van der Waals surface area contributed by atoms with E-state index in [0.717, 1.165) is 24.4 Å². The first-order chi connectivity index (χ1) is 14.2. The molecule has 4 rings (SSSR count). The number of halogens is 1. The highest BCUT2D eigenvalue weighted by Gasteiger charge is 2.17. The van der Waals surface area contributed by atoms with Crippen molar-refractivity contribution in [1.82, 2.24) is 29.9 Å². The van der Waals surface area contributed by atoms with E-state index in [4.69, 9.17) is 0 Å². The summed E-state index contributed by atoms with van der Waals surface area (Å²) in [7, 11) is 0. The standard InChI is InChI=1S/C20H20FN7O/c1-2-3-9-23-17(29)12-24-20-25-16-7-5-4-6-14(16)19-26-18(27-28(19)20)13-8-10-22-11-15(13)21/h4-8,10-11H,2-3,9,12H2,1H3,(H,23,29)(H,24,25). The van der Waals surface area contributed by atoms with E-state index >= 15 is 0 Å². The molecule has 0 saturated carbocycles. The minimum atomic E-state index is -0.509. The number of carbonyl (C=O) groups is 1. The van der Waals surface area contributed by atoms with E-state index in [1.54, 1.807) is 0 Å². The molecule has 0 aliphatic heterocycles. The molecule has 1 aromatic carbocycles. The van der Waals surface area contributed by atoms with Gasteiger partial charge in [0.15, 0.2) is 17.3 Å². The second-order valence-electron chi connectivity index (χ2n) is 6.54. The SMILES string of the molecule is CCCCNC(=O)CNc1nc2ccccc2c2nc(-c3ccncc3F)nn12. The van der Waals surface area contributed by atoms with Crippen molar-refractivity contribution in [3.8, 4) is 11.4 Å². The minimum Gasteiger partial charge on any atom is -0.355 e. The number of benzene rings is 1. The van der Waals surface area contributed by atoms with Crippen molar-refractivity contribution in [1.29, 1.82) is 0 Å². The third-order valence-electron chi connectivity index (χ3n) is 4.45. The van der Waals surface area contributed by atoms with Gasteiger partial charge in [0.2, 0.25) is 11.9 Å². The fourth-order valence-corrected chi connectivity index (χ4v) is 2.97. The number of hydrogen-bond donors (Lipinski definition) is 2. The van der Waals surface area contributed by atoms with Gasteiger partial charge in [0, 0.05) is 18.1 Å². The number of carbonyl (C=O) groups excluding carboxylic acids is 1. The molecule has 0 saturated heterocycles. The maximum Gasteiger partial charge on any atom is 0.239 e. The van der Waals surface area contributed by atoms with Gasteiger partial charge in [0.25, 0.3) is 0 Å². The van der Waals surface area contributed by atoms with Crippen molar-refractivity contribution in [3.05, 3.63) is 48.5 Å². The number of aromatic nitrogens is 5. The Balaban J connectivity index is 1.73. The number of fused-ring (bicyclic) bond motifs is 3. The van der Waals surface area contributed by atoms with E-state index in [2.05, 4.69) is 37.6 Å². The normalized spacial score (nSPS) is 11.1. The molecule has 0 bridgehead atoms. The number of anilines is 1. The van der Waals surface area contributed by atoms with Crippen LogP contribution in [0.4, 0.5) is 10.3 Å². The molecule has 9 heteroatoms. The zero-order valence-corrected chi connectivity index (χ0v) is 15.9. The van der Waals surface area contributed by atoms with Crippen LogP contribution in [-0.4, -0.2) is 43.6 Å². The molecule has 2 N–H and O–H groups in total. The summed E-state index contributed by atoms with van der Waals surface area (Å²) >= 11 is 0. The third kappa shape index (κ3) is 3.84. The monoisotopic (exact) mass is 393 g/mol. The van der Waals surface area contributed by atoms with Crippen LogP contribution < -0.4 is 10.6 Å². The first-order valence-corrected chi connectivity index (χ1v) is 9.43. The van der Waals surface area contributed by atoms with Crippen LogP contribution in [0.15, 0.2) is 42.7 Å². The molecular weight excluding hydrogens is 373 g/mol. The summed E-state index contributed by atoms with van der Waals surface area (Å²) in [5.41, 5.74) is 1.47. The fraction of sp³-hybridized carbons (Fsp3) is 0.250. The summed E-state index contributed by atoms with van der Waals surface area (Å²) in [4.78, 5) is 24.9. The van der Waals surface area contributed by atoms with Crippen LogP contribution in [0.5, 0.6) is 0 Å². The largest absolute Gasteiger partial charge is 0.355 e. The Morgan fingerprint density at radius 3 is 2.90 bits per heavy atom. The Bertz CT molecular complexity index is 1170. The lowest BCUT2D eigenvalue weighted by Crippen LogP contribution is -2.31. The van der Waals surface area contributed by atoms with Gasteiger partial charge in [-0.05, 0) is 24.6 Å². The van der Waals surface area contributed by atoms with Crippen molar-refractivity contribution in [3.63, 3.8) is 0 Å². The van der Waals surface area contributed by atoms with E-state index in [9.17, 15) is 9.18 Å². The first kappa shape index (κ1) is 18.7. The van der Waals surface area contributed by atoms with Crippen LogP contribution in [0.25, 0.3) is 27.9 Å². The second-order valence-corrected chi connectivity index (χ2v) is 6.54. The lowest BCUT2D eigenvalue weighted by molar-refractivity contribution is -0.119. The van der Waals surface area contributed by atoms with E-state index in [1.165, 1.54) is 16.8 Å². The molecule has 0 fully saturated rings. The molecule has 0 aliphatic rings. The predicted octanol–water partition coefficient (Wildman–Crippen LogP) is 2.81. The molecule has 3 aromatic heterocycles. The van der Waals surface area contributed by atoms with Crippen LogP contribution in [0.1, 0.15) is 19.8 Å². The van der Waals surface area contributed by atoms with Crippen molar-refractivity contribution >= 4 is 28.4 Å². The molecule has 8 nitrogen and oxygen atoms in total. The van der Waals surface area contributed by atoms with Gasteiger partial charge in [-0.15, -0.1) is 5.10 Å². The van der Waals surface area contributed by atoms with Gasteiger partial charge in [0.1, 0.15) is 0 Å². The molecule has 29 heavy (non-hydrogen) atoms. The Hall–Kier alpha value is -3.62. The summed E-state index contributed by atoms with van der Waals surface area (Å²) in [6, 6.07) is 8.99. The number of unbranched alkanes of at least 4 members (excludes halogenated alkanes) is 1. The van der Waals surface area contributed by atoms with Gasteiger partial charge < -0.3 is 10.6 Å². The Labute approximate surface area is 166 Å². The fourth-order valence-electron chi connectivity index (χ4n) is 2.97. The quantitative estimate of drug-likeness (QED) is 0.469. The first-order valence-electron chi connectivity index (χ1n) is 9.43. The molecule has 1 amide bonds. The number of nitrogens with zero attached hydrogens (tertiary/aromatic N) is 5. The Kier molecular flexibility index (Phi) is 5.28. The van der Waals surface area contributed by atoms with E-state index in [0.29, 0.717) is 23.7 Å². The average Bonchev–Trinajstić information content (AvgIpc) is 3.18. The van der Waals surface area contributed by atoms with Crippen molar-refractivity contribution in [2.45, 2.75) is 19.8 Å². The van der Waals surface area contributed by atoms with Gasteiger partial charge in [0.05, 0.1) is 23.8 Å². The van der Waals surface area contributed by atoms with Gasteiger partial charge in [-0.25, -0.2) is 14.4 Å². The van der Waals surface area contributed by atoms with Gasteiger partial charge in [-0.1, -0.05) is 25.5 Å². The molecule has 148 valence electrons. The zero-order valence-electron chi connectivity index (χ0n) is 15.9. The van der Waals surface area contributed by atoms with Crippen LogP contribution in [0, 0.1) is 5.82 Å². The zero-order chi connectivity index (χ0) is 20.2. The maximum absolute atomic E-state index is 14.2. The number of rotatable bonds is 7. The van der Waals surface area contributed by atoms with E-state index in [1.807, 2.05) is 24.3 Å². The van der Waals surface area contributed by atoms with Crippen LogP contribution >= 0.6 is 0 Å². The Morgan fingerprint density at radius 1 is 1.21 bits per heavy atom. The van der Waals surface area contributed by atoms with Crippen molar-refractivity contribution < 1.29 is 9.18 Å². The lowest BCUT2D eigenvalue weighted by atomic mass is 10.2. The maximum atomic E-state index is 14.2. The highest BCUT2D eigenvalue weighted by Crippen LogP contribution is 2.25. The molecule has 0 atom stereocenters. The van der Waals surface area contributed by atoms with Crippen LogP contribution in [-0.2, 0) is 4.79 Å². The van der Waals surface area contributed by atoms with Crippen molar-refractivity contribution in [2.75, 3.05) is 18.4 Å². The molecule has 0 radical (unpaired) electrons. The number of pyridine rings is 1. The van der Waals surface area contributed by atoms with Crippen LogP contribution in [0.2, 0.25) is 0 Å². The molecular formula is C20H20FN7O. The van der Waals surface area contributed by atoms with Crippen molar-refractivity contribution in [2.24, 2.45) is 0 Å². The summed E-state index contributed by atoms with van der Waals surface area (Å²) in [5, 5.41) is 11.1.